The summed E-state index contributed by atoms with van der Waals surface area (Å²) in [5, 5.41) is 0. The predicted molar refractivity (Wildman–Crippen MR) is 82.5 cm³/mol. The largest absolute Gasteiger partial charge is 0.496 e. The van der Waals surface area contributed by atoms with E-state index in [0.29, 0.717) is 0 Å². The molecule has 2 rings (SSSR count). The third-order valence-electron chi connectivity index (χ3n) is 3.57. The van der Waals surface area contributed by atoms with E-state index in [0.717, 1.165) is 33.7 Å². The van der Waals surface area contributed by atoms with Crippen molar-refractivity contribution in [3.05, 3.63) is 58.7 Å². The molecule has 0 aliphatic rings. The lowest BCUT2D eigenvalue weighted by molar-refractivity contribution is 0.411. The van der Waals surface area contributed by atoms with Gasteiger partial charge in [-0.2, -0.15) is 0 Å². The van der Waals surface area contributed by atoms with Crippen LogP contribution < -0.4 is 21.7 Å². The van der Waals surface area contributed by atoms with Crippen LogP contribution in [0.25, 0.3) is 0 Å². The van der Waals surface area contributed by atoms with Crippen LogP contribution in [0.15, 0.2) is 36.4 Å². The van der Waals surface area contributed by atoms with E-state index < -0.39 is 0 Å². The fraction of sp³-hybridized carbons (Fsp3) is 0.250. The van der Waals surface area contributed by atoms with Crippen molar-refractivity contribution < 1.29 is 4.74 Å². The van der Waals surface area contributed by atoms with E-state index >= 15 is 0 Å². The molecular weight excluding hydrogens is 250 g/mol. The first-order chi connectivity index (χ1) is 9.58. The van der Waals surface area contributed by atoms with E-state index in [2.05, 4.69) is 11.5 Å². The van der Waals surface area contributed by atoms with Gasteiger partial charge in [0.1, 0.15) is 5.75 Å². The second-order valence-electron chi connectivity index (χ2n) is 4.91. The summed E-state index contributed by atoms with van der Waals surface area (Å²) in [5.41, 5.74) is 13.9. The Bertz CT molecular complexity index is 611. The summed E-state index contributed by atoms with van der Waals surface area (Å²) >= 11 is 0. The average Bonchev–Trinajstić information content (AvgIpc) is 2.45. The van der Waals surface area contributed by atoms with Crippen molar-refractivity contribution in [1.29, 1.82) is 0 Å². The molecule has 0 amide bonds. The highest BCUT2D eigenvalue weighted by atomic mass is 16.5. The van der Waals surface area contributed by atoms with E-state index in [1.165, 1.54) is 0 Å². The van der Waals surface area contributed by atoms with Crippen LogP contribution in [-0.4, -0.2) is 7.11 Å². The molecule has 0 aliphatic carbocycles. The van der Waals surface area contributed by atoms with Crippen LogP contribution in [0.2, 0.25) is 0 Å². The Labute approximate surface area is 119 Å². The summed E-state index contributed by atoms with van der Waals surface area (Å²) in [4.78, 5) is 0. The quantitative estimate of drug-likeness (QED) is 0.454. The molecule has 5 N–H and O–H groups in total. The number of anilines is 1. The Morgan fingerprint density at radius 3 is 2.35 bits per heavy atom. The maximum Gasteiger partial charge on any atom is 0.122 e. The Balaban J connectivity index is 2.53. The Morgan fingerprint density at radius 2 is 1.75 bits per heavy atom. The Kier molecular flexibility index (Phi) is 4.27. The van der Waals surface area contributed by atoms with E-state index in [-0.39, 0.29) is 6.04 Å². The molecule has 2 aromatic carbocycles. The highest BCUT2D eigenvalue weighted by molar-refractivity contribution is 5.53. The predicted octanol–water partition coefficient (Wildman–Crippen LogP) is 2.45. The molecule has 0 radical (unpaired) electrons. The number of rotatable bonds is 4. The number of methoxy groups -OCH3 is 1. The van der Waals surface area contributed by atoms with E-state index in [1.54, 1.807) is 7.11 Å². The van der Waals surface area contributed by atoms with Crippen LogP contribution in [0.3, 0.4) is 0 Å². The zero-order valence-electron chi connectivity index (χ0n) is 12.1. The number of hydrazine groups is 1. The number of nitrogen functional groups attached to an aromatic ring is 1. The number of aryl methyl sites for hydroxylation is 2. The van der Waals surface area contributed by atoms with Gasteiger partial charge >= 0.3 is 0 Å². The van der Waals surface area contributed by atoms with Gasteiger partial charge in [0.2, 0.25) is 0 Å². The van der Waals surface area contributed by atoms with Gasteiger partial charge in [0.25, 0.3) is 0 Å². The number of nitrogens with one attached hydrogen (secondary N) is 1. The van der Waals surface area contributed by atoms with Crippen LogP contribution in [0, 0.1) is 13.8 Å². The van der Waals surface area contributed by atoms with Gasteiger partial charge in [0.15, 0.2) is 0 Å². The third-order valence-corrected chi connectivity index (χ3v) is 3.57. The van der Waals surface area contributed by atoms with Crippen LogP contribution in [0.4, 0.5) is 5.69 Å². The smallest absolute Gasteiger partial charge is 0.122 e. The summed E-state index contributed by atoms with van der Waals surface area (Å²) < 4.78 is 5.35. The third kappa shape index (κ3) is 2.61. The highest BCUT2D eigenvalue weighted by Gasteiger charge is 2.18. The van der Waals surface area contributed by atoms with Crippen molar-refractivity contribution in [3.8, 4) is 5.75 Å². The summed E-state index contributed by atoms with van der Waals surface area (Å²) in [6.07, 6.45) is 0. The first-order valence-corrected chi connectivity index (χ1v) is 6.54. The zero-order valence-corrected chi connectivity index (χ0v) is 12.1. The lowest BCUT2D eigenvalue weighted by Gasteiger charge is -2.22. The average molecular weight is 271 g/mol. The van der Waals surface area contributed by atoms with Crippen LogP contribution in [0.5, 0.6) is 5.75 Å². The maximum absolute atomic E-state index is 6.06. The molecule has 20 heavy (non-hydrogen) atoms. The lowest BCUT2D eigenvalue weighted by atomic mass is 9.92. The van der Waals surface area contributed by atoms with Gasteiger partial charge in [0, 0.05) is 5.69 Å². The summed E-state index contributed by atoms with van der Waals surface area (Å²) in [6.45, 7) is 4.06. The monoisotopic (exact) mass is 271 g/mol. The van der Waals surface area contributed by atoms with Gasteiger partial charge in [-0.05, 0) is 48.2 Å². The molecule has 0 spiro atoms. The normalized spacial score (nSPS) is 12.2. The van der Waals surface area contributed by atoms with Gasteiger partial charge in [-0.15, -0.1) is 0 Å². The number of hydrogen-bond acceptors (Lipinski definition) is 4. The molecule has 0 saturated heterocycles. The van der Waals surface area contributed by atoms with Crippen LogP contribution >= 0.6 is 0 Å². The van der Waals surface area contributed by atoms with Crippen molar-refractivity contribution in [2.45, 2.75) is 19.9 Å². The standard InChI is InChI=1S/C16H21N3O/c1-10-9-15(20-3)11(2)8-13(10)16(19-18)12-6-4-5-7-14(12)17/h4-9,16,19H,17-18H2,1-3H3. The summed E-state index contributed by atoms with van der Waals surface area (Å²) in [6, 6.07) is 11.7. The molecule has 4 heteroatoms. The Morgan fingerprint density at radius 1 is 1.05 bits per heavy atom. The molecule has 106 valence electrons. The SMILES string of the molecule is COc1cc(C)c(C(NN)c2ccccc2N)cc1C. The minimum atomic E-state index is -0.138. The summed E-state index contributed by atoms with van der Waals surface area (Å²) in [7, 11) is 1.68. The molecule has 1 unspecified atom stereocenters. The fourth-order valence-electron chi connectivity index (χ4n) is 2.46. The molecule has 0 heterocycles. The van der Waals surface area contributed by atoms with Crippen molar-refractivity contribution in [2.75, 3.05) is 12.8 Å². The van der Waals surface area contributed by atoms with E-state index in [1.807, 2.05) is 44.2 Å². The van der Waals surface area contributed by atoms with Gasteiger partial charge < -0.3 is 10.5 Å². The van der Waals surface area contributed by atoms with Crippen molar-refractivity contribution in [3.63, 3.8) is 0 Å². The van der Waals surface area contributed by atoms with Crippen molar-refractivity contribution >= 4 is 5.69 Å². The van der Waals surface area contributed by atoms with Crippen molar-refractivity contribution in [2.24, 2.45) is 5.84 Å². The maximum atomic E-state index is 6.06. The summed E-state index contributed by atoms with van der Waals surface area (Å²) in [5.74, 6) is 6.64. The molecule has 0 fully saturated rings. The number of nitrogens with two attached hydrogens (primary N) is 2. The molecule has 0 saturated carbocycles. The first-order valence-electron chi connectivity index (χ1n) is 6.54. The number of benzene rings is 2. The highest BCUT2D eigenvalue weighted by Crippen LogP contribution is 2.31. The fourth-order valence-corrected chi connectivity index (χ4v) is 2.46. The second kappa shape index (κ2) is 5.94. The van der Waals surface area contributed by atoms with Gasteiger partial charge in [-0.3, -0.25) is 5.84 Å². The number of hydrogen-bond donors (Lipinski definition) is 3. The van der Waals surface area contributed by atoms with Gasteiger partial charge in [-0.25, -0.2) is 5.43 Å². The molecule has 0 bridgehead atoms. The van der Waals surface area contributed by atoms with Crippen LogP contribution in [0.1, 0.15) is 28.3 Å². The zero-order chi connectivity index (χ0) is 14.7. The van der Waals surface area contributed by atoms with Gasteiger partial charge in [0.05, 0.1) is 13.2 Å². The molecular formula is C16H21N3O. The van der Waals surface area contributed by atoms with E-state index in [9.17, 15) is 0 Å². The molecule has 0 aromatic heterocycles. The topological polar surface area (TPSA) is 73.3 Å². The minimum Gasteiger partial charge on any atom is -0.496 e. The van der Waals surface area contributed by atoms with Gasteiger partial charge in [-0.1, -0.05) is 24.3 Å². The van der Waals surface area contributed by atoms with Crippen molar-refractivity contribution in [1.82, 2.24) is 5.43 Å². The molecule has 2 aromatic rings. The first kappa shape index (κ1) is 14.4. The van der Waals surface area contributed by atoms with E-state index in [4.69, 9.17) is 16.3 Å². The molecule has 1 atom stereocenters. The van der Waals surface area contributed by atoms with Crippen LogP contribution in [-0.2, 0) is 0 Å². The molecule has 4 nitrogen and oxygen atoms in total. The molecule has 0 aliphatic heterocycles. The minimum absolute atomic E-state index is 0.138. The lowest BCUT2D eigenvalue weighted by Crippen LogP contribution is -2.30. The Hall–Kier alpha value is -2.04. The number of para-hydroxylation sites is 1. The second-order valence-corrected chi connectivity index (χ2v) is 4.91. The number of ether oxygens (including phenoxy) is 1.